The molecule has 1 heterocycles. The van der Waals surface area contributed by atoms with Crippen LogP contribution in [0.15, 0.2) is 12.3 Å². The second kappa shape index (κ2) is 7.01. The van der Waals surface area contributed by atoms with E-state index in [4.69, 9.17) is 22.1 Å². The van der Waals surface area contributed by atoms with Crippen LogP contribution in [0.1, 0.15) is 24.9 Å². The first-order chi connectivity index (χ1) is 7.79. The summed E-state index contributed by atoms with van der Waals surface area (Å²) >= 11 is 5.80. The Balaban J connectivity index is 0.00000289. The fourth-order valence-corrected chi connectivity index (χ4v) is 1.29. The highest BCUT2D eigenvalue weighted by Crippen LogP contribution is 2.26. The molecule has 3 nitrogen and oxygen atoms in total. The second-order valence-electron chi connectivity index (χ2n) is 3.56. The second-order valence-corrected chi connectivity index (χ2v) is 3.97. The maximum Gasteiger partial charge on any atom is 0.392 e. The Morgan fingerprint density at radius 2 is 2.11 bits per heavy atom. The molecule has 1 atom stereocenters. The smallest absolute Gasteiger partial charge is 0.392 e. The molecule has 1 rings (SSSR count). The Kier molecular flexibility index (Phi) is 6.73. The molecule has 1 unspecified atom stereocenters. The Bertz CT molecular complexity index is 386. The van der Waals surface area contributed by atoms with Crippen molar-refractivity contribution in [2.75, 3.05) is 6.61 Å². The van der Waals surface area contributed by atoms with Crippen LogP contribution < -0.4 is 10.5 Å². The molecule has 2 N–H and O–H groups in total. The fourth-order valence-electron chi connectivity index (χ4n) is 1.06. The van der Waals surface area contributed by atoms with E-state index in [1.54, 1.807) is 6.92 Å². The molecule has 104 valence electrons. The molecular formula is C10H13Cl2F3N2O. The number of pyridine rings is 1. The molecule has 0 aliphatic rings. The van der Waals surface area contributed by atoms with Crippen LogP contribution in [0.25, 0.3) is 0 Å². The van der Waals surface area contributed by atoms with Crippen molar-refractivity contribution in [2.24, 2.45) is 5.73 Å². The first-order valence-corrected chi connectivity index (χ1v) is 5.28. The van der Waals surface area contributed by atoms with E-state index in [1.807, 2.05) is 0 Å². The summed E-state index contributed by atoms with van der Waals surface area (Å²) in [4.78, 5) is 3.82. The third kappa shape index (κ3) is 5.75. The molecule has 1 aromatic heterocycles. The van der Waals surface area contributed by atoms with Crippen molar-refractivity contribution < 1.29 is 17.9 Å². The van der Waals surface area contributed by atoms with Crippen LogP contribution in [0, 0.1) is 0 Å². The monoisotopic (exact) mass is 304 g/mol. The predicted octanol–water partition coefficient (Wildman–Crippen LogP) is 3.51. The summed E-state index contributed by atoms with van der Waals surface area (Å²) in [6.45, 7) is 1.24. The number of aromatic nitrogens is 1. The average molecular weight is 305 g/mol. The fraction of sp³-hybridized carbons (Fsp3) is 0.500. The van der Waals surface area contributed by atoms with E-state index in [0.717, 1.165) is 0 Å². The number of rotatable bonds is 4. The standard InChI is InChI=1S/C10H12ClF3N2O.ClH/c1-6(15)7-4-8(11)9(16-5-7)17-3-2-10(12,13)14;/h4-6H,2-3,15H2,1H3;1H. The summed E-state index contributed by atoms with van der Waals surface area (Å²) in [5.74, 6) is -0.0136. The van der Waals surface area contributed by atoms with Gasteiger partial charge in [0.25, 0.3) is 0 Å². The van der Waals surface area contributed by atoms with Crippen molar-refractivity contribution in [3.05, 3.63) is 22.8 Å². The van der Waals surface area contributed by atoms with Crippen molar-refractivity contribution in [3.8, 4) is 5.88 Å². The minimum Gasteiger partial charge on any atom is -0.476 e. The zero-order valence-electron chi connectivity index (χ0n) is 9.50. The number of nitrogens with zero attached hydrogens (tertiary/aromatic N) is 1. The molecule has 0 aliphatic carbocycles. The molecule has 0 fully saturated rings. The maximum absolute atomic E-state index is 11.9. The number of halogens is 5. The first-order valence-electron chi connectivity index (χ1n) is 4.90. The summed E-state index contributed by atoms with van der Waals surface area (Å²) in [5, 5.41) is 0.155. The van der Waals surface area contributed by atoms with Gasteiger partial charge in [0, 0.05) is 12.2 Å². The van der Waals surface area contributed by atoms with E-state index in [0.29, 0.717) is 5.56 Å². The van der Waals surface area contributed by atoms with Gasteiger partial charge >= 0.3 is 6.18 Å². The number of ether oxygens (including phenoxy) is 1. The van der Waals surface area contributed by atoms with Gasteiger partial charge in [0.1, 0.15) is 5.02 Å². The Labute approximate surface area is 114 Å². The van der Waals surface area contributed by atoms with Gasteiger partial charge in [-0.3, -0.25) is 0 Å². The topological polar surface area (TPSA) is 48.1 Å². The quantitative estimate of drug-likeness (QED) is 0.926. The average Bonchev–Trinajstić information content (AvgIpc) is 2.18. The first kappa shape index (κ1) is 17.3. The van der Waals surface area contributed by atoms with Gasteiger partial charge < -0.3 is 10.5 Å². The third-order valence-electron chi connectivity index (χ3n) is 1.98. The van der Waals surface area contributed by atoms with E-state index >= 15 is 0 Å². The molecular weight excluding hydrogens is 292 g/mol. The molecule has 0 aromatic carbocycles. The van der Waals surface area contributed by atoms with Crippen LogP contribution in [0.2, 0.25) is 5.02 Å². The molecule has 1 aromatic rings. The van der Waals surface area contributed by atoms with Gasteiger partial charge in [0.2, 0.25) is 5.88 Å². The van der Waals surface area contributed by atoms with Gasteiger partial charge in [0.15, 0.2) is 0 Å². The number of hydrogen-bond donors (Lipinski definition) is 1. The Morgan fingerprint density at radius 1 is 1.50 bits per heavy atom. The molecule has 0 radical (unpaired) electrons. The largest absolute Gasteiger partial charge is 0.476 e. The van der Waals surface area contributed by atoms with E-state index in [9.17, 15) is 13.2 Å². The lowest BCUT2D eigenvalue weighted by Crippen LogP contribution is -2.13. The molecule has 0 saturated carbocycles. The van der Waals surface area contributed by atoms with Crippen molar-refractivity contribution in [1.29, 1.82) is 0 Å². The molecule has 18 heavy (non-hydrogen) atoms. The molecule has 0 amide bonds. The number of hydrogen-bond acceptors (Lipinski definition) is 3. The van der Waals surface area contributed by atoms with Crippen molar-refractivity contribution >= 4 is 24.0 Å². The zero-order valence-corrected chi connectivity index (χ0v) is 11.1. The van der Waals surface area contributed by atoms with Crippen LogP contribution in [-0.4, -0.2) is 17.8 Å². The Morgan fingerprint density at radius 3 is 2.56 bits per heavy atom. The zero-order chi connectivity index (χ0) is 13.1. The molecule has 8 heteroatoms. The number of alkyl halides is 3. The van der Waals surface area contributed by atoms with Crippen LogP contribution in [0.3, 0.4) is 0 Å². The summed E-state index contributed by atoms with van der Waals surface area (Å²) in [6.07, 6.45) is -3.86. The predicted molar refractivity (Wildman–Crippen MR) is 65.3 cm³/mol. The molecule has 0 bridgehead atoms. The number of nitrogens with two attached hydrogens (primary N) is 1. The van der Waals surface area contributed by atoms with Gasteiger partial charge in [0.05, 0.1) is 13.0 Å². The van der Waals surface area contributed by atoms with Crippen LogP contribution in [-0.2, 0) is 0 Å². The molecule has 0 saturated heterocycles. The minimum absolute atomic E-state index is 0. The summed E-state index contributed by atoms with van der Waals surface area (Å²) in [6, 6.07) is 1.28. The van der Waals surface area contributed by atoms with Crippen LogP contribution >= 0.6 is 24.0 Å². The molecule has 0 aliphatic heterocycles. The van der Waals surface area contributed by atoms with E-state index in [2.05, 4.69) is 4.98 Å². The van der Waals surface area contributed by atoms with Gasteiger partial charge in [-0.2, -0.15) is 13.2 Å². The molecule has 0 spiro atoms. The lowest BCUT2D eigenvalue weighted by Gasteiger charge is -2.11. The van der Waals surface area contributed by atoms with E-state index in [-0.39, 0.29) is 29.4 Å². The van der Waals surface area contributed by atoms with E-state index < -0.39 is 19.2 Å². The van der Waals surface area contributed by atoms with E-state index in [1.165, 1.54) is 12.3 Å². The third-order valence-corrected chi connectivity index (χ3v) is 2.25. The summed E-state index contributed by atoms with van der Waals surface area (Å²) in [5.41, 5.74) is 6.29. The van der Waals surface area contributed by atoms with Crippen LogP contribution in [0.5, 0.6) is 5.88 Å². The highest BCUT2D eigenvalue weighted by atomic mass is 35.5. The highest BCUT2D eigenvalue weighted by molar-refractivity contribution is 6.31. The van der Waals surface area contributed by atoms with Crippen molar-refractivity contribution in [2.45, 2.75) is 25.6 Å². The lowest BCUT2D eigenvalue weighted by atomic mass is 10.2. The van der Waals surface area contributed by atoms with Crippen LogP contribution in [0.4, 0.5) is 13.2 Å². The summed E-state index contributed by atoms with van der Waals surface area (Å²) < 4.78 is 40.5. The van der Waals surface area contributed by atoms with Gasteiger partial charge in [-0.15, -0.1) is 12.4 Å². The maximum atomic E-state index is 11.9. The Hall–Kier alpha value is -0.720. The van der Waals surface area contributed by atoms with Crippen molar-refractivity contribution in [1.82, 2.24) is 4.98 Å². The SMILES string of the molecule is CC(N)c1cnc(OCCC(F)(F)F)c(Cl)c1.Cl. The normalized spacial score (nSPS) is 12.8. The van der Waals surface area contributed by atoms with Gasteiger partial charge in [-0.05, 0) is 18.6 Å². The van der Waals surface area contributed by atoms with Crippen molar-refractivity contribution in [3.63, 3.8) is 0 Å². The van der Waals surface area contributed by atoms with Gasteiger partial charge in [-0.1, -0.05) is 11.6 Å². The van der Waals surface area contributed by atoms with Gasteiger partial charge in [-0.25, -0.2) is 4.98 Å². The lowest BCUT2D eigenvalue weighted by molar-refractivity contribution is -0.139. The highest BCUT2D eigenvalue weighted by Gasteiger charge is 2.27. The summed E-state index contributed by atoms with van der Waals surface area (Å²) in [7, 11) is 0. The minimum atomic E-state index is -4.25.